The third-order valence-electron chi connectivity index (χ3n) is 4.14. The maximum Gasteiger partial charge on any atom is 0.134 e. The molecule has 96 valence electrons. The van der Waals surface area contributed by atoms with E-state index >= 15 is 0 Å². The molecule has 1 atom stereocenters. The summed E-state index contributed by atoms with van der Waals surface area (Å²) in [7, 11) is 0. The largest absolute Gasteiger partial charge is 0.461 e. The van der Waals surface area contributed by atoms with E-state index in [0.29, 0.717) is 6.04 Å². The molecule has 1 aromatic heterocycles. The highest BCUT2D eigenvalue weighted by Gasteiger charge is 2.14. The maximum atomic E-state index is 5.81. The fourth-order valence-corrected chi connectivity index (χ4v) is 2.90. The summed E-state index contributed by atoms with van der Waals surface area (Å²) in [6.45, 7) is 5.34. The summed E-state index contributed by atoms with van der Waals surface area (Å²) in [4.78, 5) is 0. The van der Waals surface area contributed by atoms with Crippen LogP contribution in [0.5, 0.6) is 0 Å². The second-order valence-corrected chi connectivity index (χ2v) is 5.46. The van der Waals surface area contributed by atoms with Crippen LogP contribution < -0.4 is 5.32 Å². The molecule has 0 bridgehead atoms. The zero-order valence-electron chi connectivity index (χ0n) is 11.3. The van der Waals surface area contributed by atoms with Crippen molar-refractivity contribution in [3.05, 3.63) is 35.1 Å². The first-order valence-electron chi connectivity index (χ1n) is 6.96. The summed E-state index contributed by atoms with van der Waals surface area (Å²) in [5.41, 5.74) is 3.70. The van der Waals surface area contributed by atoms with Gasteiger partial charge in [0.05, 0.1) is 0 Å². The van der Waals surface area contributed by atoms with Crippen LogP contribution >= 0.6 is 0 Å². The topological polar surface area (TPSA) is 25.2 Å². The fraction of sp³-hybridized carbons (Fsp3) is 0.500. The van der Waals surface area contributed by atoms with Gasteiger partial charge in [-0.05, 0) is 56.8 Å². The Morgan fingerprint density at radius 1 is 1.28 bits per heavy atom. The van der Waals surface area contributed by atoms with Crippen molar-refractivity contribution in [2.24, 2.45) is 0 Å². The Balaban J connectivity index is 1.84. The normalized spacial score (nSPS) is 20.4. The molecule has 0 spiro atoms. The molecule has 2 heteroatoms. The molecule has 1 fully saturated rings. The molecule has 1 aliphatic heterocycles. The number of piperidine rings is 1. The number of benzene rings is 1. The highest BCUT2D eigenvalue weighted by Crippen LogP contribution is 2.26. The molecule has 18 heavy (non-hydrogen) atoms. The minimum absolute atomic E-state index is 0.647. The van der Waals surface area contributed by atoms with Gasteiger partial charge in [0.1, 0.15) is 11.3 Å². The van der Waals surface area contributed by atoms with Crippen molar-refractivity contribution in [1.82, 2.24) is 5.32 Å². The van der Waals surface area contributed by atoms with Crippen LogP contribution in [-0.4, -0.2) is 12.6 Å². The van der Waals surface area contributed by atoms with Crippen molar-refractivity contribution in [3.8, 4) is 0 Å². The monoisotopic (exact) mass is 243 g/mol. The van der Waals surface area contributed by atoms with Crippen LogP contribution in [0.25, 0.3) is 11.0 Å². The van der Waals surface area contributed by atoms with E-state index in [0.717, 1.165) is 17.8 Å². The van der Waals surface area contributed by atoms with Crippen molar-refractivity contribution >= 4 is 11.0 Å². The van der Waals surface area contributed by atoms with Crippen molar-refractivity contribution < 1.29 is 4.42 Å². The molecule has 2 aromatic rings. The maximum absolute atomic E-state index is 5.81. The summed E-state index contributed by atoms with van der Waals surface area (Å²) in [6, 6.07) is 7.32. The van der Waals surface area contributed by atoms with Crippen LogP contribution in [-0.2, 0) is 6.42 Å². The van der Waals surface area contributed by atoms with Gasteiger partial charge in [-0.15, -0.1) is 0 Å². The molecular weight excluding hydrogens is 222 g/mol. The standard InChI is InChI=1S/C16H21NO/c1-11-12(2)18-16-10-13(6-7-15(11)16)9-14-5-3-4-8-17-14/h6-7,10,14,17H,3-5,8-9H2,1-2H3. The van der Waals surface area contributed by atoms with Crippen LogP contribution in [0, 0.1) is 13.8 Å². The number of hydrogen-bond acceptors (Lipinski definition) is 2. The number of hydrogen-bond donors (Lipinski definition) is 1. The number of nitrogens with one attached hydrogen (secondary N) is 1. The number of furan rings is 1. The third kappa shape index (κ3) is 2.17. The summed E-state index contributed by atoms with van der Waals surface area (Å²) >= 11 is 0. The highest BCUT2D eigenvalue weighted by atomic mass is 16.3. The minimum atomic E-state index is 0.647. The van der Waals surface area contributed by atoms with Gasteiger partial charge in [-0.1, -0.05) is 18.6 Å². The number of fused-ring (bicyclic) bond motifs is 1. The van der Waals surface area contributed by atoms with E-state index < -0.39 is 0 Å². The molecule has 1 N–H and O–H groups in total. The van der Waals surface area contributed by atoms with Crippen LogP contribution in [0.15, 0.2) is 22.6 Å². The Kier molecular flexibility index (Phi) is 3.13. The van der Waals surface area contributed by atoms with E-state index in [1.54, 1.807) is 0 Å². The first-order chi connectivity index (χ1) is 8.74. The van der Waals surface area contributed by atoms with Gasteiger partial charge >= 0.3 is 0 Å². The zero-order valence-corrected chi connectivity index (χ0v) is 11.3. The second-order valence-electron chi connectivity index (χ2n) is 5.46. The highest BCUT2D eigenvalue weighted by molar-refractivity contribution is 5.82. The second kappa shape index (κ2) is 4.77. The molecule has 1 aromatic carbocycles. The predicted octanol–water partition coefficient (Wildman–Crippen LogP) is 3.73. The summed E-state index contributed by atoms with van der Waals surface area (Å²) < 4.78 is 5.81. The fourth-order valence-electron chi connectivity index (χ4n) is 2.90. The van der Waals surface area contributed by atoms with Crippen molar-refractivity contribution in [3.63, 3.8) is 0 Å². The van der Waals surface area contributed by atoms with Gasteiger partial charge in [-0.3, -0.25) is 0 Å². The van der Waals surface area contributed by atoms with Crippen LogP contribution in [0.4, 0.5) is 0 Å². The van der Waals surface area contributed by atoms with Crippen molar-refractivity contribution in [2.45, 2.75) is 45.6 Å². The summed E-state index contributed by atoms with van der Waals surface area (Å²) in [5, 5.41) is 4.86. The van der Waals surface area contributed by atoms with Gasteiger partial charge in [0.25, 0.3) is 0 Å². The molecule has 1 unspecified atom stereocenters. The van der Waals surface area contributed by atoms with Gasteiger partial charge in [0, 0.05) is 11.4 Å². The number of rotatable bonds is 2. The van der Waals surface area contributed by atoms with Crippen LogP contribution in [0.1, 0.15) is 36.1 Å². The Hall–Kier alpha value is -1.28. The van der Waals surface area contributed by atoms with Crippen LogP contribution in [0.3, 0.4) is 0 Å². The molecular formula is C16H21NO. The lowest BCUT2D eigenvalue weighted by molar-refractivity contribution is 0.399. The third-order valence-corrected chi connectivity index (χ3v) is 4.14. The lowest BCUT2D eigenvalue weighted by Crippen LogP contribution is -2.35. The first-order valence-corrected chi connectivity index (χ1v) is 6.96. The Morgan fingerprint density at radius 3 is 2.94 bits per heavy atom. The molecule has 0 aliphatic carbocycles. The summed E-state index contributed by atoms with van der Waals surface area (Å²) in [6.07, 6.45) is 5.11. The van der Waals surface area contributed by atoms with Gasteiger partial charge in [-0.2, -0.15) is 0 Å². The zero-order chi connectivity index (χ0) is 12.5. The molecule has 1 aliphatic rings. The molecule has 3 rings (SSSR count). The molecule has 1 saturated heterocycles. The van der Waals surface area contributed by atoms with E-state index in [4.69, 9.17) is 4.42 Å². The van der Waals surface area contributed by atoms with Gasteiger partial charge in [-0.25, -0.2) is 0 Å². The van der Waals surface area contributed by atoms with Crippen molar-refractivity contribution in [2.75, 3.05) is 6.54 Å². The number of aryl methyl sites for hydroxylation is 2. The average molecular weight is 243 g/mol. The van der Waals surface area contributed by atoms with Crippen LogP contribution in [0.2, 0.25) is 0 Å². The molecule has 0 amide bonds. The molecule has 2 heterocycles. The van der Waals surface area contributed by atoms with Gasteiger partial charge < -0.3 is 9.73 Å². The smallest absolute Gasteiger partial charge is 0.134 e. The van der Waals surface area contributed by atoms with Gasteiger partial charge in [0.2, 0.25) is 0 Å². The molecule has 0 saturated carbocycles. The summed E-state index contributed by atoms with van der Waals surface area (Å²) in [5.74, 6) is 1.04. The Bertz CT molecular complexity index is 549. The van der Waals surface area contributed by atoms with E-state index in [9.17, 15) is 0 Å². The Morgan fingerprint density at radius 2 is 2.17 bits per heavy atom. The SMILES string of the molecule is Cc1oc2cc(CC3CCCCN3)ccc2c1C. The van der Waals surface area contributed by atoms with E-state index in [-0.39, 0.29) is 0 Å². The lowest BCUT2D eigenvalue weighted by Gasteiger charge is -2.23. The molecule has 2 nitrogen and oxygen atoms in total. The lowest BCUT2D eigenvalue weighted by atomic mass is 9.97. The predicted molar refractivity (Wildman–Crippen MR) is 75.0 cm³/mol. The van der Waals surface area contributed by atoms with Crippen molar-refractivity contribution in [1.29, 1.82) is 0 Å². The Labute approximate surface area is 108 Å². The average Bonchev–Trinajstić information content (AvgIpc) is 2.66. The quantitative estimate of drug-likeness (QED) is 0.869. The van der Waals surface area contributed by atoms with E-state index in [2.05, 4.69) is 30.4 Å². The van der Waals surface area contributed by atoms with E-state index in [1.165, 1.54) is 42.3 Å². The van der Waals surface area contributed by atoms with Gasteiger partial charge in [0.15, 0.2) is 0 Å². The van der Waals surface area contributed by atoms with E-state index in [1.807, 2.05) is 6.92 Å². The first kappa shape index (κ1) is 11.8. The minimum Gasteiger partial charge on any atom is -0.461 e. The molecule has 0 radical (unpaired) electrons.